The highest BCUT2D eigenvalue weighted by Gasteiger charge is 2.28. The van der Waals surface area contributed by atoms with Crippen LogP contribution in [-0.2, 0) is 24.2 Å². The summed E-state index contributed by atoms with van der Waals surface area (Å²) in [6.07, 6.45) is 4.47. The molecule has 1 aromatic heterocycles. The average molecular weight is 515 g/mol. The maximum Gasteiger partial charge on any atom is 0.225 e. The van der Waals surface area contributed by atoms with E-state index in [1.54, 1.807) is 0 Å². The number of anilines is 1. The highest BCUT2D eigenvalue weighted by atomic mass is 16.5. The minimum atomic E-state index is -0.0316. The van der Waals surface area contributed by atoms with Gasteiger partial charge in [0.25, 0.3) is 0 Å². The van der Waals surface area contributed by atoms with Crippen molar-refractivity contribution in [1.82, 2.24) is 4.57 Å². The summed E-state index contributed by atoms with van der Waals surface area (Å²) in [6.45, 7) is 2.17. The van der Waals surface area contributed by atoms with E-state index < -0.39 is 0 Å². The quantitative estimate of drug-likeness (QED) is 0.262. The van der Waals surface area contributed by atoms with Gasteiger partial charge in [-0.15, -0.1) is 0 Å². The maximum atomic E-state index is 12.9. The lowest BCUT2D eigenvalue weighted by atomic mass is 9.88. The summed E-state index contributed by atoms with van der Waals surface area (Å²) in [6, 6.07) is 31.3. The number of carbonyl (C=O) groups excluding carboxylic acids is 1. The molecule has 4 aromatic carbocycles. The molecule has 0 spiro atoms. The zero-order valence-corrected chi connectivity index (χ0v) is 21.7. The van der Waals surface area contributed by atoms with Crippen LogP contribution in [0.2, 0.25) is 0 Å². The maximum absolute atomic E-state index is 12.9. The molecule has 1 atom stereocenters. The summed E-state index contributed by atoms with van der Waals surface area (Å²) in [5.41, 5.74) is 8.13. The number of nitrogens with one attached hydrogen (secondary N) is 1. The first kappa shape index (κ1) is 23.6. The fourth-order valence-electron chi connectivity index (χ4n) is 5.94. The lowest BCUT2D eigenvalue weighted by molar-refractivity contribution is -0.116. The molecule has 0 unspecified atom stereocenters. The molecule has 7 rings (SSSR count). The number of hydrogen-bond donors (Lipinski definition) is 1. The first-order valence-corrected chi connectivity index (χ1v) is 13.6. The van der Waals surface area contributed by atoms with Crippen molar-refractivity contribution in [2.24, 2.45) is 0 Å². The number of benzene rings is 4. The minimum absolute atomic E-state index is 0.0316. The molecule has 2 aliphatic rings. The van der Waals surface area contributed by atoms with E-state index in [9.17, 15) is 4.79 Å². The SMILES string of the molecule is O=C1C[C@@H](c2ccc(OCCc3ccc4c(c3)CCO4)cc2)c2cn(Cc3ccccc3)c3cccc(c23)N1. The fourth-order valence-corrected chi connectivity index (χ4v) is 5.94. The second kappa shape index (κ2) is 9.99. The van der Waals surface area contributed by atoms with Crippen LogP contribution < -0.4 is 14.8 Å². The van der Waals surface area contributed by atoms with E-state index in [4.69, 9.17) is 9.47 Å². The number of aromatic nitrogens is 1. The third-order valence-electron chi connectivity index (χ3n) is 7.87. The van der Waals surface area contributed by atoms with Gasteiger partial charge < -0.3 is 19.4 Å². The van der Waals surface area contributed by atoms with Crippen LogP contribution in [0.4, 0.5) is 5.69 Å². The summed E-state index contributed by atoms with van der Waals surface area (Å²) < 4.78 is 14.0. The lowest BCUT2D eigenvalue weighted by Crippen LogP contribution is -2.14. The van der Waals surface area contributed by atoms with Gasteiger partial charge in [0, 0.05) is 43.3 Å². The Labute approximate surface area is 228 Å². The first-order chi connectivity index (χ1) is 19.2. The van der Waals surface area contributed by atoms with E-state index in [0.29, 0.717) is 13.0 Å². The number of amides is 1. The summed E-state index contributed by atoms with van der Waals surface area (Å²) in [4.78, 5) is 12.9. The van der Waals surface area contributed by atoms with Crippen LogP contribution in [0.1, 0.15) is 40.2 Å². The molecule has 0 saturated carbocycles. The smallest absolute Gasteiger partial charge is 0.225 e. The van der Waals surface area contributed by atoms with Crippen molar-refractivity contribution in [2.45, 2.75) is 31.7 Å². The highest BCUT2D eigenvalue weighted by Crippen LogP contribution is 2.41. The zero-order valence-electron chi connectivity index (χ0n) is 21.7. The van der Waals surface area contributed by atoms with Crippen molar-refractivity contribution >= 4 is 22.5 Å². The number of hydrogen-bond acceptors (Lipinski definition) is 3. The molecule has 0 aliphatic carbocycles. The molecule has 5 aromatic rings. The second-order valence-corrected chi connectivity index (χ2v) is 10.4. The molecule has 5 heteroatoms. The summed E-state index contributed by atoms with van der Waals surface area (Å²) in [5, 5.41) is 4.28. The topological polar surface area (TPSA) is 52.5 Å². The second-order valence-electron chi connectivity index (χ2n) is 10.4. The van der Waals surface area contributed by atoms with Crippen molar-refractivity contribution in [1.29, 1.82) is 0 Å². The monoisotopic (exact) mass is 514 g/mol. The Balaban J connectivity index is 1.12. The molecule has 1 N–H and O–H groups in total. The van der Waals surface area contributed by atoms with Gasteiger partial charge in [-0.25, -0.2) is 0 Å². The molecule has 1 amide bonds. The molecule has 0 radical (unpaired) electrons. The minimum Gasteiger partial charge on any atom is -0.493 e. The van der Waals surface area contributed by atoms with Crippen LogP contribution >= 0.6 is 0 Å². The molecule has 39 heavy (non-hydrogen) atoms. The van der Waals surface area contributed by atoms with Gasteiger partial charge in [0.1, 0.15) is 11.5 Å². The van der Waals surface area contributed by atoms with Crippen molar-refractivity contribution in [3.05, 3.63) is 125 Å². The number of fused-ring (bicyclic) bond motifs is 1. The Bertz CT molecular complexity index is 1650. The van der Waals surface area contributed by atoms with Gasteiger partial charge in [0.2, 0.25) is 5.91 Å². The van der Waals surface area contributed by atoms with Gasteiger partial charge in [-0.2, -0.15) is 0 Å². The van der Waals surface area contributed by atoms with E-state index in [0.717, 1.165) is 59.6 Å². The van der Waals surface area contributed by atoms with Gasteiger partial charge in [-0.05, 0) is 58.1 Å². The van der Waals surface area contributed by atoms with Crippen LogP contribution in [0.25, 0.3) is 10.9 Å². The Hall–Kier alpha value is -4.51. The Morgan fingerprint density at radius 2 is 1.79 bits per heavy atom. The van der Waals surface area contributed by atoms with Crippen LogP contribution in [0.5, 0.6) is 11.5 Å². The molecule has 2 aliphatic heterocycles. The zero-order chi connectivity index (χ0) is 26.2. The van der Waals surface area contributed by atoms with Crippen LogP contribution in [0, 0.1) is 0 Å². The normalized spacial score (nSPS) is 15.9. The van der Waals surface area contributed by atoms with E-state index in [1.165, 1.54) is 22.3 Å². The Kier molecular flexibility index (Phi) is 6.04. The Morgan fingerprint density at radius 1 is 0.923 bits per heavy atom. The number of ether oxygens (including phenoxy) is 2. The summed E-state index contributed by atoms with van der Waals surface area (Å²) in [5.74, 6) is 1.86. The van der Waals surface area contributed by atoms with E-state index in [-0.39, 0.29) is 11.8 Å². The molecule has 0 bridgehead atoms. The van der Waals surface area contributed by atoms with Gasteiger partial charge >= 0.3 is 0 Å². The molecule has 3 heterocycles. The predicted molar refractivity (Wildman–Crippen MR) is 154 cm³/mol. The number of nitrogens with zero attached hydrogens (tertiary/aromatic N) is 1. The Morgan fingerprint density at radius 3 is 2.67 bits per heavy atom. The standard InChI is InChI=1S/C34H30N2O3/c37-33-20-28(25-10-12-27(13-11-25)38-17-15-23-9-14-32-26(19-23)16-18-39-32)29-22-36(21-24-5-2-1-3-6-24)31-8-4-7-30(35-33)34(29)31/h1-14,19,22,28H,15-18,20-21H2,(H,35,37)/t28-/m0/s1. The van der Waals surface area contributed by atoms with Crippen LogP contribution in [0.3, 0.4) is 0 Å². The van der Waals surface area contributed by atoms with E-state index >= 15 is 0 Å². The molecule has 5 nitrogen and oxygen atoms in total. The lowest BCUT2D eigenvalue weighted by Gasteiger charge is -2.15. The van der Waals surface area contributed by atoms with E-state index in [2.05, 4.69) is 76.7 Å². The average Bonchev–Trinajstić information content (AvgIpc) is 3.54. The summed E-state index contributed by atoms with van der Waals surface area (Å²) >= 11 is 0. The largest absolute Gasteiger partial charge is 0.493 e. The third-order valence-corrected chi connectivity index (χ3v) is 7.87. The van der Waals surface area contributed by atoms with Crippen LogP contribution in [-0.4, -0.2) is 23.7 Å². The predicted octanol–water partition coefficient (Wildman–Crippen LogP) is 6.72. The first-order valence-electron chi connectivity index (χ1n) is 13.6. The molecular weight excluding hydrogens is 484 g/mol. The van der Waals surface area contributed by atoms with Gasteiger partial charge in [0.15, 0.2) is 0 Å². The highest BCUT2D eigenvalue weighted by molar-refractivity contribution is 6.06. The van der Waals surface area contributed by atoms with Crippen LogP contribution in [0.15, 0.2) is 97.2 Å². The van der Waals surface area contributed by atoms with Crippen molar-refractivity contribution < 1.29 is 14.3 Å². The number of rotatable bonds is 7. The summed E-state index contributed by atoms with van der Waals surface area (Å²) in [7, 11) is 0. The molecule has 194 valence electrons. The van der Waals surface area contributed by atoms with Crippen molar-refractivity contribution in [3.8, 4) is 11.5 Å². The molecule has 0 saturated heterocycles. The third kappa shape index (κ3) is 4.65. The van der Waals surface area contributed by atoms with Crippen molar-refractivity contribution in [3.63, 3.8) is 0 Å². The van der Waals surface area contributed by atoms with Gasteiger partial charge in [-0.1, -0.05) is 60.7 Å². The van der Waals surface area contributed by atoms with Gasteiger partial charge in [-0.3, -0.25) is 4.79 Å². The fraction of sp³-hybridized carbons (Fsp3) is 0.206. The van der Waals surface area contributed by atoms with Gasteiger partial charge in [0.05, 0.1) is 24.4 Å². The molecular formula is C34H30N2O3. The van der Waals surface area contributed by atoms with E-state index in [1.807, 2.05) is 30.3 Å². The van der Waals surface area contributed by atoms with Crippen molar-refractivity contribution in [2.75, 3.05) is 18.5 Å². The number of carbonyl (C=O) groups is 1. The molecule has 0 fully saturated rings.